The lowest BCUT2D eigenvalue weighted by molar-refractivity contribution is 0.147. The predicted molar refractivity (Wildman–Crippen MR) is 56.0 cm³/mol. The summed E-state index contributed by atoms with van der Waals surface area (Å²) in [7, 11) is -1.18. The third kappa shape index (κ3) is 1.99. The van der Waals surface area contributed by atoms with E-state index in [1.165, 1.54) is 0 Å². The zero-order valence-corrected chi connectivity index (χ0v) is 9.54. The Morgan fingerprint density at radius 2 is 1.92 bits per heavy atom. The number of allylic oxidation sites excluding steroid dienone is 1. The van der Waals surface area contributed by atoms with Gasteiger partial charge in [-0.2, -0.15) is 0 Å². The lowest BCUT2D eigenvalue weighted by Gasteiger charge is -2.38. The summed E-state index contributed by atoms with van der Waals surface area (Å²) in [5.41, 5.74) is 0.544. The van der Waals surface area contributed by atoms with Crippen LogP contribution in [-0.4, -0.2) is 19.3 Å². The van der Waals surface area contributed by atoms with Gasteiger partial charge < -0.3 is 5.11 Å². The quantitative estimate of drug-likeness (QED) is 0.491. The monoisotopic (exact) mass is 184 g/mol. The van der Waals surface area contributed by atoms with Gasteiger partial charge in [0.2, 0.25) is 0 Å². The average molecular weight is 184 g/mol. The summed E-state index contributed by atoms with van der Waals surface area (Å²) in [5, 5.41) is 9.86. The second kappa shape index (κ2) is 3.34. The number of hydrogen-bond acceptors (Lipinski definition) is 1. The van der Waals surface area contributed by atoms with E-state index in [4.69, 9.17) is 0 Å². The third-order valence-electron chi connectivity index (χ3n) is 2.80. The van der Waals surface area contributed by atoms with Crippen LogP contribution in [0.1, 0.15) is 13.3 Å². The average Bonchev–Trinajstić information content (AvgIpc) is 1.82. The summed E-state index contributed by atoms with van der Waals surface area (Å²) >= 11 is 0. The van der Waals surface area contributed by atoms with Crippen LogP contribution in [-0.2, 0) is 0 Å². The third-order valence-corrected chi connectivity index (χ3v) is 5.71. The molecule has 0 bridgehead atoms. The number of aliphatic hydroxyl groups excluding tert-OH is 1. The second-order valence-electron chi connectivity index (χ2n) is 4.98. The van der Waals surface area contributed by atoms with Crippen molar-refractivity contribution in [3.63, 3.8) is 0 Å². The molecule has 0 spiro atoms. The maximum atomic E-state index is 9.86. The van der Waals surface area contributed by atoms with Crippen molar-refractivity contribution < 1.29 is 5.11 Å². The highest BCUT2D eigenvalue weighted by atomic mass is 28.3. The lowest BCUT2D eigenvalue weighted by Crippen LogP contribution is -2.40. The van der Waals surface area contributed by atoms with E-state index in [0.29, 0.717) is 11.5 Å². The minimum atomic E-state index is -1.18. The van der Waals surface area contributed by atoms with E-state index in [1.807, 2.05) is 0 Å². The molecule has 0 radical (unpaired) electrons. The molecule has 0 saturated carbocycles. The molecule has 70 valence electrons. The molecule has 1 N–H and O–H groups in total. The van der Waals surface area contributed by atoms with Gasteiger partial charge in [-0.3, -0.25) is 0 Å². The zero-order chi connectivity index (χ0) is 9.35. The standard InChI is InChI=1S/C10H20OSi/c1-8-6-5-7-9(11)10(8)12(2,3)4/h5-6,8-11H,7H2,1-4H3/t8-,9+,10+/m0/s1. The van der Waals surface area contributed by atoms with Gasteiger partial charge in [-0.25, -0.2) is 0 Å². The van der Waals surface area contributed by atoms with Gasteiger partial charge in [0, 0.05) is 0 Å². The van der Waals surface area contributed by atoms with Crippen LogP contribution in [0, 0.1) is 5.92 Å². The lowest BCUT2D eigenvalue weighted by atomic mass is 9.94. The predicted octanol–water partition coefficient (Wildman–Crippen LogP) is 2.65. The molecule has 0 unspecified atom stereocenters. The van der Waals surface area contributed by atoms with E-state index < -0.39 is 8.07 Å². The van der Waals surface area contributed by atoms with E-state index in [9.17, 15) is 5.11 Å². The Balaban J connectivity index is 2.80. The molecule has 12 heavy (non-hydrogen) atoms. The minimum Gasteiger partial charge on any atom is -0.393 e. The summed E-state index contributed by atoms with van der Waals surface area (Å²) in [5.74, 6) is 0.570. The summed E-state index contributed by atoms with van der Waals surface area (Å²) in [4.78, 5) is 0. The number of aliphatic hydroxyl groups is 1. The van der Waals surface area contributed by atoms with Gasteiger partial charge >= 0.3 is 0 Å². The summed E-state index contributed by atoms with van der Waals surface area (Å²) in [6.45, 7) is 9.26. The van der Waals surface area contributed by atoms with E-state index in [0.717, 1.165) is 6.42 Å². The molecule has 3 atom stereocenters. The first-order chi connectivity index (χ1) is 5.43. The van der Waals surface area contributed by atoms with Gasteiger partial charge in [-0.15, -0.1) is 0 Å². The molecular formula is C10H20OSi. The Bertz CT molecular complexity index is 181. The van der Waals surface area contributed by atoms with Crippen molar-refractivity contribution in [3.05, 3.63) is 12.2 Å². The first kappa shape index (κ1) is 10.0. The van der Waals surface area contributed by atoms with Crippen molar-refractivity contribution in [2.75, 3.05) is 0 Å². The van der Waals surface area contributed by atoms with Gasteiger partial charge in [0.15, 0.2) is 0 Å². The Morgan fingerprint density at radius 3 is 2.25 bits per heavy atom. The molecule has 1 nitrogen and oxygen atoms in total. The molecule has 0 heterocycles. The van der Waals surface area contributed by atoms with Crippen LogP contribution in [0.25, 0.3) is 0 Å². The summed E-state index contributed by atoms with van der Waals surface area (Å²) in [6.07, 6.45) is 5.15. The molecule has 1 aliphatic carbocycles. The first-order valence-corrected chi connectivity index (χ1v) is 8.35. The highest BCUT2D eigenvalue weighted by molar-refractivity contribution is 6.77. The van der Waals surface area contributed by atoms with Crippen LogP contribution in [0.4, 0.5) is 0 Å². The van der Waals surface area contributed by atoms with Gasteiger partial charge in [-0.05, 0) is 17.9 Å². The van der Waals surface area contributed by atoms with E-state index in [-0.39, 0.29) is 6.10 Å². The van der Waals surface area contributed by atoms with Crippen LogP contribution >= 0.6 is 0 Å². The van der Waals surface area contributed by atoms with E-state index >= 15 is 0 Å². The van der Waals surface area contributed by atoms with Crippen LogP contribution in [0.5, 0.6) is 0 Å². The molecule has 0 aliphatic heterocycles. The molecular weight excluding hydrogens is 164 g/mol. The fourth-order valence-corrected chi connectivity index (χ4v) is 5.39. The normalized spacial score (nSPS) is 36.9. The topological polar surface area (TPSA) is 20.2 Å². The zero-order valence-electron chi connectivity index (χ0n) is 8.54. The van der Waals surface area contributed by atoms with Crippen molar-refractivity contribution in [1.29, 1.82) is 0 Å². The molecule has 1 aliphatic rings. The molecule has 0 amide bonds. The smallest absolute Gasteiger partial charge is 0.0584 e. The SMILES string of the molecule is C[C@H]1C=CC[C@@H](O)[C@@H]1[Si](C)(C)C. The summed E-state index contributed by atoms with van der Waals surface area (Å²) in [6, 6.07) is 0. The second-order valence-corrected chi connectivity index (χ2v) is 10.4. The van der Waals surface area contributed by atoms with E-state index in [1.54, 1.807) is 0 Å². The largest absolute Gasteiger partial charge is 0.393 e. The molecule has 2 heteroatoms. The van der Waals surface area contributed by atoms with E-state index in [2.05, 4.69) is 38.7 Å². The number of rotatable bonds is 1. The Morgan fingerprint density at radius 1 is 1.33 bits per heavy atom. The van der Waals surface area contributed by atoms with Crippen LogP contribution in [0.2, 0.25) is 25.2 Å². The van der Waals surface area contributed by atoms with Crippen LogP contribution in [0.3, 0.4) is 0 Å². The summed E-state index contributed by atoms with van der Waals surface area (Å²) < 4.78 is 0. The highest BCUT2D eigenvalue weighted by Gasteiger charge is 2.36. The van der Waals surface area contributed by atoms with Crippen molar-refractivity contribution in [1.82, 2.24) is 0 Å². The molecule has 0 aromatic carbocycles. The maximum absolute atomic E-state index is 9.86. The van der Waals surface area contributed by atoms with Crippen molar-refractivity contribution in [2.24, 2.45) is 5.92 Å². The van der Waals surface area contributed by atoms with Crippen LogP contribution < -0.4 is 0 Å². The van der Waals surface area contributed by atoms with Crippen molar-refractivity contribution in [2.45, 2.75) is 44.6 Å². The molecule has 0 fully saturated rings. The maximum Gasteiger partial charge on any atom is 0.0584 e. The molecule has 0 aromatic heterocycles. The van der Waals surface area contributed by atoms with Gasteiger partial charge in [-0.1, -0.05) is 38.7 Å². The van der Waals surface area contributed by atoms with Crippen molar-refractivity contribution >= 4 is 8.07 Å². The first-order valence-electron chi connectivity index (χ1n) is 4.77. The van der Waals surface area contributed by atoms with Gasteiger partial charge in [0.05, 0.1) is 14.2 Å². The fraction of sp³-hybridized carbons (Fsp3) is 0.800. The van der Waals surface area contributed by atoms with Gasteiger partial charge in [0.1, 0.15) is 0 Å². The Kier molecular flexibility index (Phi) is 2.79. The Labute approximate surface area is 76.5 Å². The molecule has 1 rings (SSSR count). The van der Waals surface area contributed by atoms with Crippen molar-refractivity contribution in [3.8, 4) is 0 Å². The Hall–Kier alpha value is -0.0831. The molecule has 0 saturated heterocycles. The number of hydrogen-bond donors (Lipinski definition) is 1. The highest BCUT2D eigenvalue weighted by Crippen LogP contribution is 2.38. The van der Waals surface area contributed by atoms with Gasteiger partial charge in [0.25, 0.3) is 0 Å². The van der Waals surface area contributed by atoms with Crippen LogP contribution in [0.15, 0.2) is 12.2 Å². The fourth-order valence-electron chi connectivity index (χ4n) is 2.42. The minimum absolute atomic E-state index is 0.0864. The molecule has 0 aromatic rings.